The Morgan fingerprint density at radius 1 is 1.17 bits per heavy atom. The fourth-order valence-electron chi connectivity index (χ4n) is 2.39. The molecule has 7 heteroatoms. The van der Waals surface area contributed by atoms with Gasteiger partial charge in [0.2, 0.25) is 11.8 Å². The SMILES string of the molecule is C/C=C/C(=O)N1CCC(CNC(=O)CNC(=O)OC(C)(C)C)CC1. The molecule has 1 saturated heterocycles. The maximum Gasteiger partial charge on any atom is 0.408 e. The number of ether oxygens (including phenoxy) is 1. The zero-order chi connectivity index (χ0) is 18.2. The monoisotopic (exact) mass is 339 g/mol. The lowest BCUT2D eigenvalue weighted by atomic mass is 9.96. The molecule has 0 saturated carbocycles. The van der Waals surface area contributed by atoms with Crippen molar-refractivity contribution in [2.75, 3.05) is 26.2 Å². The van der Waals surface area contributed by atoms with E-state index in [1.807, 2.05) is 11.8 Å². The molecule has 2 N–H and O–H groups in total. The van der Waals surface area contributed by atoms with Gasteiger partial charge in [0.1, 0.15) is 5.60 Å². The predicted octanol–water partition coefficient (Wildman–Crippen LogP) is 1.44. The molecular weight excluding hydrogens is 310 g/mol. The molecule has 0 aromatic carbocycles. The van der Waals surface area contributed by atoms with Crippen molar-refractivity contribution in [3.63, 3.8) is 0 Å². The van der Waals surface area contributed by atoms with Gasteiger partial charge in [-0.25, -0.2) is 4.79 Å². The minimum Gasteiger partial charge on any atom is -0.444 e. The number of hydrogen-bond donors (Lipinski definition) is 2. The van der Waals surface area contributed by atoms with Crippen LogP contribution in [0.1, 0.15) is 40.5 Å². The van der Waals surface area contributed by atoms with E-state index in [0.717, 1.165) is 12.8 Å². The van der Waals surface area contributed by atoms with Gasteiger partial charge in [-0.05, 0) is 52.5 Å². The van der Waals surface area contributed by atoms with E-state index in [1.165, 1.54) is 0 Å². The van der Waals surface area contributed by atoms with Gasteiger partial charge in [-0.3, -0.25) is 9.59 Å². The van der Waals surface area contributed by atoms with Crippen molar-refractivity contribution in [1.29, 1.82) is 0 Å². The van der Waals surface area contributed by atoms with Crippen LogP contribution in [0.25, 0.3) is 0 Å². The van der Waals surface area contributed by atoms with Crippen molar-refractivity contribution >= 4 is 17.9 Å². The van der Waals surface area contributed by atoms with E-state index < -0.39 is 11.7 Å². The van der Waals surface area contributed by atoms with E-state index >= 15 is 0 Å². The van der Waals surface area contributed by atoms with Gasteiger partial charge in [-0.2, -0.15) is 0 Å². The van der Waals surface area contributed by atoms with Crippen molar-refractivity contribution in [3.8, 4) is 0 Å². The Kier molecular flexibility index (Phi) is 7.74. The first kappa shape index (κ1) is 20.0. The van der Waals surface area contributed by atoms with Crippen molar-refractivity contribution in [2.45, 2.75) is 46.1 Å². The molecule has 0 aliphatic carbocycles. The summed E-state index contributed by atoms with van der Waals surface area (Å²) in [6, 6.07) is 0. The Morgan fingerprint density at radius 3 is 2.33 bits per heavy atom. The van der Waals surface area contributed by atoms with Crippen molar-refractivity contribution in [3.05, 3.63) is 12.2 Å². The molecule has 1 aliphatic heterocycles. The maximum atomic E-state index is 11.8. The topological polar surface area (TPSA) is 87.7 Å². The summed E-state index contributed by atoms with van der Waals surface area (Å²) in [6.45, 7) is 8.99. The molecular formula is C17H29N3O4. The number of hydrogen-bond acceptors (Lipinski definition) is 4. The Morgan fingerprint density at radius 2 is 1.79 bits per heavy atom. The Hall–Kier alpha value is -2.05. The molecule has 1 fully saturated rings. The van der Waals surface area contributed by atoms with Crippen LogP contribution in [-0.2, 0) is 14.3 Å². The molecule has 1 heterocycles. The zero-order valence-electron chi connectivity index (χ0n) is 15.1. The van der Waals surface area contributed by atoms with Crippen LogP contribution >= 0.6 is 0 Å². The molecule has 1 rings (SSSR count). The molecule has 0 aromatic heterocycles. The molecule has 0 radical (unpaired) electrons. The lowest BCUT2D eigenvalue weighted by Crippen LogP contribution is -2.43. The van der Waals surface area contributed by atoms with Crippen LogP contribution in [0.15, 0.2) is 12.2 Å². The first-order valence-corrected chi connectivity index (χ1v) is 8.36. The molecule has 1 aliphatic rings. The summed E-state index contributed by atoms with van der Waals surface area (Å²) in [7, 11) is 0. The highest BCUT2D eigenvalue weighted by atomic mass is 16.6. The van der Waals surface area contributed by atoms with E-state index in [0.29, 0.717) is 25.6 Å². The Bertz CT molecular complexity index is 475. The number of rotatable bonds is 5. The van der Waals surface area contributed by atoms with Gasteiger partial charge in [0.15, 0.2) is 0 Å². The summed E-state index contributed by atoms with van der Waals surface area (Å²) in [6.07, 6.45) is 4.44. The quantitative estimate of drug-likeness (QED) is 0.742. The van der Waals surface area contributed by atoms with Crippen LogP contribution < -0.4 is 10.6 Å². The number of carbonyl (C=O) groups is 3. The summed E-state index contributed by atoms with van der Waals surface area (Å²) in [4.78, 5) is 36.8. The molecule has 0 spiro atoms. The normalized spacial score (nSPS) is 16.1. The lowest BCUT2D eigenvalue weighted by molar-refractivity contribution is -0.127. The van der Waals surface area contributed by atoms with Crippen LogP contribution in [0, 0.1) is 5.92 Å². The predicted molar refractivity (Wildman–Crippen MR) is 91.4 cm³/mol. The fraction of sp³-hybridized carbons (Fsp3) is 0.706. The summed E-state index contributed by atoms with van der Waals surface area (Å²) < 4.78 is 5.06. The molecule has 7 nitrogen and oxygen atoms in total. The van der Waals surface area contributed by atoms with Gasteiger partial charge in [0.25, 0.3) is 0 Å². The number of alkyl carbamates (subject to hydrolysis) is 1. The van der Waals surface area contributed by atoms with E-state index in [-0.39, 0.29) is 18.4 Å². The van der Waals surface area contributed by atoms with E-state index in [9.17, 15) is 14.4 Å². The molecule has 0 atom stereocenters. The van der Waals surface area contributed by atoms with Crippen LogP contribution in [0.5, 0.6) is 0 Å². The highest BCUT2D eigenvalue weighted by molar-refractivity contribution is 5.87. The summed E-state index contributed by atoms with van der Waals surface area (Å²) in [5.41, 5.74) is -0.584. The number of nitrogens with one attached hydrogen (secondary N) is 2. The molecule has 0 bridgehead atoms. The van der Waals surface area contributed by atoms with Crippen molar-refractivity contribution in [1.82, 2.24) is 15.5 Å². The average Bonchev–Trinajstić information content (AvgIpc) is 2.50. The van der Waals surface area contributed by atoms with Crippen molar-refractivity contribution < 1.29 is 19.1 Å². The lowest BCUT2D eigenvalue weighted by Gasteiger charge is -2.31. The summed E-state index contributed by atoms with van der Waals surface area (Å²) in [5.74, 6) is 0.153. The number of amides is 3. The first-order valence-electron chi connectivity index (χ1n) is 8.36. The second-order valence-electron chi connectivity index (χ2n) is 6.93. The standard InChI is InChI=1S/C17H29N3O4/c1-5-6-15(22)20-9-7-13(8-10-20)11-18-14(21)12-19-16(23)24-17(2,3)4/h5-6,13H,7-12H2,1-4H3,(H,18,21)(H,19,23)/b6-5+. The molecule has 24 heavy (non-hydrogen) atoms. The zero-order valence-corrected chi connectivity index (χ0v) is 15.1. The van der Waals surface area contributed by atoms with Gasteiger partial charge in [0.05, 0.1) is 6.54 Å². The number of allylic oxidation sites excluding steroid dienone is 1. The van der Waals surface area contributed by atoms with Gasteiger partial charge >= 0.3 is 6.09 Å². The number of likely N-dealkylation sites (tertiary alicyclic amines) is 1. The molecule has 0 aromatic rings. The van der Waals surface area contributed by atoms with Crippen LogP contribution in [0.4, 0.5) is 4.79 Å². The van der Waals surface area contributed by atoms with Crippen LogP contribution in [0.3, 0.4) is 0 Å². The number of piperidine rings is 1. The third-order valence-electron chi connectivity index (χ3n) is 3.62. The molecule has 0 unspecified atom stereocenters. The largest absolute Gasteiger partial charge is 0.444 e. The summed E-state index contributed by atoms with van der Waals surface area (Å²) in [5, 5.41) is 5.24. The molecule has 3 amide bonds. The van der Waals surface area contributed by atoms with Crippen molar-refractivity contribution in [2.24, 2.45) is 5.92 Å². The minimum atomic E-state index is -0.603. The smallest absolute Gasteiger partial charge is 0.408 e. The van der Waals surface area contributed by atoms with E-state index in [4.69, 9.17) is 4.74 Å². The summed E-state index contributed by atoms with van der Waals surface area (Å²) >= 11 is 0. The fourth-order valence-corrected chi connectivity index (χ4v) is 2.39. The Balaban J connectivity index is 2.20. The highest BCUT2D eigenvalue weighted by Gasteiger charge is 2.22. The maximum absolute atomic E-state index is 11.8. The second kappa shape index (κ2) is 9.30. The third-order valence-corrected chi connectivity index (χ3v) is 3.62. The third kappa shape index (κ3) is 7.99. The highest BCUT2D eigenvalue weighted by Crippen LogP contribution is 2.16. The average molecular weight is 339 g/mol. The van der Waals surface area contributed by atoms with E-state index in [1.54, 1.807) is 32.9 Å². The number of carbonyl (C=O) groups excluding carboxylic acids is 3. The van der Waals surface area contributed by atoms with Crippen LogP contribution in [0.2, 0.25) is 0 Å². The van der Waals surface area contributed by atoms with Gasteiger partial charge in [-0.1, -0.05) is 6.08 Å². The second-order valence-corrected chi connectivity index (χ2v) is 6.93. The van der Waals surface area contributed by atoms with Gasteiger partial charge in [0, 0.05) is 19.6 Å². The number of nitrogens with zero attached hydrogens (tertiary/aromatic N) is 1. The van der Waals surface area contributed by atoms with E-state index in [2.05, 4.69) is 10.6 Å². The first-order chi connectivity index (χ1) is 11.2. The van der Waals surface area contributed by atoms with Gasteiger partial charge < -0.3 is 20.3 Å². The minimum absolute atomic E-state index is 0.0431. The molecule has 136 valence electrons. The Labute approximate surface area is 143 Å². The van der Waals surface area contributed by atoms with Gasteiger partial charge in [-0.15, -0.1) is 0 Å². The van der Waals surface area contributed by atoms with Crippen LogP contribution in [-0.4, -0.2) is 54.6 Å².